The number of fused-ring (bicyclic) bond motifs is 1. The normalized spacial score (nSPS) is 14.8. The van der Waals surface area contributed by atoms with Gasteiger partial charge in [0.2, 0.25) is 0 Å². The highest BCUT2D eigenvalue weighted by Gasteiger charge is 2.24. The number of hydrogen-bond donors (Lipinski definition) is 1. The van der Waals surface area contributed by atoms with Crippen LogP contribution in [-0.4, -0.2) is 11.1 Å². The highest BCUT2D eigenvalue weighted by molar-refractivity contribution is 5.71. The summed E-state index contributed by atoms with van der Waals surface area (Å²) >= 11 is 0. The third-order valence-electron chi connectivity index (χ3n) is 7.72. The molecule has 1 N–H and O–H groups in total. The Labute approximate surface area is 222 Å². The van der Waals surface area contributed by atoms with Crippen molar-refractivity contribution in [2.24, 2.45) is 5.92 Å². The molecule has 3 nitrogen and oxygen atoms in total. The molecule has 4 rings (SSSR count). The third-order valence-corrected chi connectivity index (χ3v) is 7.72. The van der Waals surface area contributed by atoms with Crippen molar-refractivity contribution in [3.8, 4) is 16.9 Å². The molecule has 0 fully saturated rings. The van der Waals surface area contributed by atoms with Gasteiger partial charge in [0.1, 0.15) is 12.4 Å². The average Bonchev–Trinajstić information content (AvgIpc) is 2.93. The minimum Gasteiger partial charge on any atom is -0.489 e. The zero-order chi connectivity index (χ0) is 25.9. The van der Waals surface area contributed by atoms with Gasteiger partial charge < -0.3 is 9.84 Å². The molecule has 196 valence electrons. The first-order chi connectivity index (χ1) is 18.1. The highest BCUT2D eigenvalue weighted by atomic mass is 16.5. The molecule has 0 saturated heterocycles. The molecule has 0 bridgehead atoms. The second-order valence-electron chi connectivity index (χ2n) is 10.6. The van der Waals surface area contributed by atoms with Crippen molar-refractivity contribution in [3.05, 3.63) is 89.0 Å². The number of carboxylic acid groups (broad SMARTS) is 1. The molecule has 37 heavy (non-hydrogen) atoms. The van der Waals surface area contributed by atoms with Gasteiger partial charge in [-0.05, 0) is 77.6 Å². The Hall–Kier alpha value is -3.07. The molecule has 0 heterocycles. The first-order valence-electron chi connectivity index (χ1n) is 14.3. The van der Waals surface area contributed by atoms with Crippen molar-refractivity contribution in [2.45, 2.75) is 90.6 Å². The van der Waals surface area contributed by atoms with Crippen LogP contribution in [0.2, 0.25) is 0 Å². The van der Waals surface area contributed by atoms with Gasteiger partial charge in [0, 0.05) is 0 Å². The van der Waals surface area contributed by atoms with Crippen LogP contribution in [-0.2, 0) is 30.7 Å². The minimum absolute atomic E-state index is 0.260. The largest absolute Gasteiger partial charge is 0.489 e. The van der Waals surface area contributed by atoms with Crippen LogP contribution >= 0.6 is 0 Å². The number of unbranched alkanes of at least 4 members (excludes halogenated alkanes) is 7. The van der Waals surface area contributed by atoms with Gasteiger partial charge in [0.05, 0.1) is 5.92 Å². The molecular weight excluding hydrogens is 456 g/mol. The third kappa shape index (κ3) is 8.21. The number of aliphatic carboxylic acids is 1. The quantitative estimate of drug-likeness (QED) is 0.226. The van der Waals surface area contributed by atoms with Crippen molar-refractivity contribution in [1.29, 1.82) is 0 Å². The zero-order valence-electron chi connectivity index (χ0n) is 22.4. The molecule has 1 unspecified atom stereocenters. The standard InChI is InChI=1S/C34H42O3/c1-2-3-4-5-6-7-8-9-10-26-11-15-28(16-12-26)29-17-13-27(14-18-29)25-37-33-22-21-30-23-32(34(35)36)20-19-31(30)24-33/h11-18,21-22,24,32H,2-10,19-20,23,25H2,1H3,(H,35,36). The van der Waals surface area contributed by atoms with Crippen LogP contribution < -0.4 is 4.74 Å². The Balaban J connectivity index is 1.21. The molecule has 0 aromatic heterocycles. The van der Waals surface area contributed by atoms with E-state index in [0.29, 0.717) is 19.4 Å². The van der Waals surface area contributed by atoms with Gasteiger partial charge in [0.25, 0.3) is 0 Å². The lowest BCUT2D eigenvalue weighted by Gasteiger charge is -2.22. The molecule has 0 aliphatic heterocycles. The summed E-state index contributed by atoms with van der Waals surface area (Å²) in [5.41, 5.74) is 7.41. The lowest BCUT2D eigenvalue weighted by Crippen LogP contribution is -2.22. The van der Waals surface area contributed by atoms with Crippen LogP contribution in [0.1, 0.15) is 87.0 Å². The van der Waals surface area contributed by atoms with Crippen LogP contribution in [0, 0.1) is 5.92 Å². The SMILES string of the molecule is CCCCCCCCCCc1ccc(-c2ccc(COc3ccc4c(c3)CCC(C(=O)O)C4)cc2)cc1. The van der Waals surface area contributed by atoms with E-state index in [0.717, 1.165) is 23.3 Å². The second-order valence-corrected chi connectivity index (χ2v) is 10.6. The van der Waals surface area contributed by atoms with E-state index in [1.54, 1.807) is 0 Å². The molecule has 1 aliphatic carbocycles. The van der Waals surface area contributed by atoms with E-state index in [2.05, 4.69) is 61.5 Å². The van der Waals surface area contributed by atoms with E-state index >= 15 is 0 Å². The van der Waals surface area contributed by atoms with Crippen molar-refractivity contribution in [3.63, 3.8) is 0 Å². The summed E-state index contributed by atoms with van der Waals surface area (Å²) in [6.07, 6.45) is 14.2. The van der Waals surface area contributed by atoms with Crippen molar-refractivity contribution < 1.29 is 14.6 Å². The molecule has 0 radical (unpaired) electrons. The van der Waals surface area contributed by atoms with Crippen molar-refractivity contribution in [2.75, 3.05) is 0 Å². The van der Waals surface area contributed by atoms with Gasteiger partial charge in [-0.1, -0.05) is 106 Å². The summed E-state index contributed by atoms with van der Waals surface area (Å²) in [5.74, 6) is -0.100. The van der Waals surface area contributed by atoms with Crippen LogP contribution in [0.3, 0.4) is 0 Å². The Kier molecular flexibility index (Phi) is 10.2. The van der Waals surface area contributed by atoms with Gasteiger partial charge in [-0.3, -0.25) is 4.79 Å². The Morgan fingerprint density at radius 3 is 2.05 bits per heavy atom. The van der Waals surface area contributed by atoms with Gasteiger partial charge in [-0.25, -0.2) is 0 Å². The van der Waals surface area contributed by atoms with Crippen LogP contribution in [0.4, 0.5) is 0 Å². The number of benzene rings is 3. The maximum atomic E-state index is 11.3. The molecule has 1 aliphatic rings. The molecule has 0 saturated carbocycles. The topological polar surface area (TPSA) is 46.5 Å². The molecule has 0 spiro atoms. The molecule has 3 heteroatoms. The Bertz CT molecular complexity index is 1110. The van der Waals surface area contributed by atoms with Gasteiger partial charge >= 0.3 is 5.97 Å². The predicted octanol–water partition coefficient (Wildman–Crippen LogP) is 8.81. The smallest absolute Gasteiger partial charge is 0.306 e. The lowest BCUT2D eigenvalue weighted by atomic mass is 9.84. The van der Waals surface area contributed by atoms with E-state index in [1.807, 2.05) is 12.1 Å². The molecule has 0 amide bonds. The Morgan fingerprint density at radius 2 is 1.41 bits per heavy atom. The van der Waals surface area contributed by atoms with Crippen molar-refractivity contribution >= 4 is 5.97 Å². The summed E-state index contributed by atoms with van der Waals surface area (Å²) in [5, 5.41) is 9.28. The van der Waals surface area contributed by atoms with E-state index in [1.165, 1.54) is 80.0 Å². The van der Waals surface area contributed by atoms with Gasteiger partial charge in [0.15, 0.2) is 0 Å². The fraction of sp³-hybridized carbons (Fsp3) is 0.441. The van der Waals surface area contributed by atoms with Gasteiger partial charge in [-0.15, -0.1) is 0 Å². The van der Waals surface area contributed by atoms with E-state index in [-0.39, 0.29) is 5.92 Å². The lowest BCUT2D eigenvalue weighted by molar-refractivity contribution is -0.142. The van der Waals surface area contributed by atoms with Crippen molar-refractivity contribution in [1.82, 2.24) is 0 Å². The fourth-order valence-corrected chi connectivity index (χ4v) is 5.32. The molecular formula is C34H42O3. The summed E-state index contributed by atoms with van der Waals surface area (Å²) in [6.45, 7) is 2.80. The van der Waals surface area contributed by atoms with E-state index < -0.39 is 5.97 Å². The average molecular weight is 499 g/mol. The number of rotatable bonds is 14. The van der Waals surface area contributed by atoms with Crippen LogP contribution in [0.15, 0.2) is 66.7 Å². The zero-order valence-corrected chi connectivity index (χ0v) is 22.4. The summed E-state index contributed by atoms with van der Waals surface area (Å²) in [7, 11) is 0. The predicted molar refractivity (Wildman–Crippen MR) is 152 cm³/mol. The number of ether oxygens (including phenoxy) is 1. The van der Waals surface area contributed by atoms with E-state index in [4.69, 9.17) is 4.74 Å². The maximum absolute atomic E-state index is 11.3. The van der Waals surface area contributed by atoms with Crippen LogP contribution in [0.5, 0.6) is 5.75 Å². The number of hydrogen-bond acceptors (Lipinski definition) is 2. The fourth-order valence-electron chi connectivity index (χ4n) is 5.32. The number of carbonyl (C=O) groups is 1. The Morgan fingerprint density at radius 1 is 0.784 bits per heavy atom. The monoisotopic (exact) mass is 498 g/mol. The number of aryl methyl sites for hydroxylation is 2. The molecule has 1 atom stereocenters. The first kappa shape index (κ1) is 27.0. The maximum Gasteiger partial charge on any atom is 0.306 e. The minimum atomic E-state index is -0.691. The van der Waals surface area contributed by atoms with E-state index in [9.17, 15) is 9.90 Å². The highest BCUT2D eigenvalue weighted by Crippen LogP contribution is 2.29. The summed E-state index contributed by atoms with van der Waals surface area (Å²) in [6, 6.07) is 23.7. The molecule has 3 aromatic carbocycles. The van der Waals surface area contributed by atoms with Gasteiger partial charge in [-0.2, -0.15) is 0 Å². The summed E-state index contributed by atoms with van der Waals surface area (Å²) < 4.78 is 6.06. The summed E-state index contributed by atoms with van der Waals surface area (Å²) in [4.78, 5) is 11.3. The first-order valence-corrected chi connectivity index (χ1v) is 14.3. The second kappa shape index (κ2) is 14.0. The number of carboxylic acids is 1. The van der Waals surface area contributed by atoms with Crippen LogP contribution in [0.25, 0.3) is 11.1 Å². The molecule has 3 aromatic rings.